The molecule has 2 fully saturated rings. The molecule has 0 N–H and O–H groups in total. The van der Waals surface area contributed by atoms with E-state index in [1.54, 1.807) is 19.1 Å². The fourth-order valence-corrected chi connectivity index (χ4v) is 5.56. The third-order valence-electron chi connectivity index (χ3n) is 7.82. The van der Waals surface area contributed by atoms with Gasteiger partial charge in [-0.2, -0.15) is 0 Å². The molecule has 0 unspecified atom stereocenters. The lowest BCUT2D eigenvalue weighted by molar-refractivity contribution is -0.150. The van der Waals surface area contributed by atoms with Gasteiger partial charge in [0, 0.05) is 44.7 Å². The molecule has 1 saturated heterocycles. The number of rotatable bonds is 11. The Kier molecular flexibility index (Phi) is 9.96. The van der Waals surface area contributed by atoms with Crippen LogP contribution in [0.15, 0.2) is 54.6 Å². The third kappa shape index (κ3) is 7.63. The molecule has 1 atom stereocenters. The number of benzene rings is 3. The van der Waals surface area contributed by atoms with Crippen molar-refractivity contribution in [1.82, 2.24) is 9.80 Å². The molecule has 1 aliphatic carbocycles. The molecular weight excluding hydrogens is 560 g/mol. The van der Waals surface area contributed by atoms with E-state index in [-0.39, 0.29) is 25.1 Å². The summed E-state index contributed by atoms with van der Waals surface area (Å²) in [6.45, 7) is 7.84. The van der Waals surface area contributed by atoms with Gasteiger partial charge in [-0.25, -0.2) is 4.79 Å². The van der Waals surface area contributed by atoms with Gasteiger partial charge >= 0.3 is 6.09 Å². The minimum absolute atomic E-state index is 0.114. The van der Waals surface area contributed by atoms with Gasteiger partial charge in [-0.3, -0.25) is 4.79 Å². The highest BCUT2D eigenvalue weighted by Crippen LogP contribution is 2.40. The van der Waals surface area contributed by atoms with Gasteiger partial charge in [0.1, 0.15) is 17.1 Å². The molecule has 44 heavy (non-hydrogen) atoms. The van der Waals surface area contributed by atoms with E-state index >= 15 is 0 Å². The predicted octanol–water partition coefficient (Wildman–Crippen LogP) is 6.06. The number of fused-ring (bicyclic) bond motifs is 1. The zero-order valence-electron chi connectivity index (χ0n) is 26.5. The summed E-state index contributed by atoms with van der Waals surface area (Å²) < 4.78 is 28.5. The van der Waals surface area contributed by atoms with Crippen LogP contribution in [0.3, 0.4) is 0 Å². The van der Waals surface area contributed by atoms with E-state index in [1.165, 1.54) is 0 Å². The maximum Gasteiger partial charge on any atom is 0.410 e. The van der Waals surface area contributed by atoms with E-state index in [2.05, 4.69) is 30.3 Å². The molecular formula is C35H44N2O7. The topological polar surface area (TPSA) is 86.8 Å². The first-order chi connectivity index (χ1) is 21.2. The Hall–Kier alpha value is -3.82. The van der Waals surface area contributed by atoms with Crippen molar-refractivity contribution in [3.05, 3.63) is 60.2 Å². The van der Waals surface area contributed by atoms with Gasteiger partial charge in [0.25, 0.3) is 5.91 Å². The number of hydrogen-bond donors (Lipinski definition) is 0. The third-order valence-corrected chi connectivity index (χ3v) is 7.82. The fourth-order valence-electron chi connectivity index (χ4n) is 5.56. The van der Waals surface area contributed by atoms with Crippen molar-refractivity contribution in [2.75, 3.05) is 47.1 Å². The van der Waals surface area contributed by atoms with Crippen LogP contribution in [-0.2, 0) is 25.5 Å². The van der Waals surface area contributed by atoms with Crippen molar-refractivity contribution in [3.63, 3.8) is 0 Å². The second-order valence-electron chi connectivity index (χ2n) is 12.4. The minimum Gasteiger partial charge on any atom is -0.497 e. The Labute approximate surface area is 260 Å². The molecule has 2 aliphatic rings. The molecule has 1 saturated carbocycles. The van der Waals surface area contributed by atoms with Gasteiger partial charge in [0.15, 0.2) is 6.10 Å². The van der Waals surface area contributed by atoms with Crippen molar-refractivity contribution < 1.29 is 33.3 Å². The molecule has 5 rings (SSSR count). The quantitative estimate of drug-likeness (QED) is 0.246. The highest BCUT2D eigenvalue weighted by Gasteiger charge is 2.40. The molecule has 0 radical (unpaired) electrons. The van der Waals surface area contributed by atoms with Gasteiger partial charge in [-0.05, 0) is 73.9 Å². The van der Waals surface area contributed by atoms with Crippen LogP contribution in [0.25, 0.3) is 21.9 Å². The van der Waals surface area contributed by atoms with Crippen molar-refractivity contribution >= 4 is 22.8 Å². The summed E-state index contributed by atoms with van der Waals surface area (Å²) in [7, 11) is 3.34. The van der Waals surface area contributed by atoms with Gasteiger partial charge in [-0.15, -0.1) is 0 Å². The smallest absolute Gasteiger partial charge is 0.410 e. The van der Waals surface area contributed by atoms with Crippen LogP contribution < -0.4 is 9.47 Å². The molecule has 236 valence electrons. The Bertz CT molecular complexity index is 1450. The maximum absolute atomic E-state index is 14.1. The van der Waals surface area contributed by atoms with E-state index < -0.39 is 17.8 Å². The normalized spacial score (nSPS) is 16.9. The number of methoxy groups -OCH3 is 2. The fraction of sp³-hybridized carbons (Fsp3) is 0.486. The molecule has 0 spiro atoms. The van der Waals surface area contributed by atoms with Crippen LogP contribution in [0, 0.1) is 0 Å². The Morgan fingerprint density at radius 3 is 2.39 bits per heavy atom. The van der Waals surface area contributed by atoms with E-state index in [9.17, 15) is 9.59 Å². The Balaban J connectivity index is 1.49. The summed E-state index contributed by atoms with van der Waals surface area (Å²) >= 11 is 0. The van der Waals surface area contributed by atoms with Crippen LogP contribution in [0.1, 0.15) is 45.6 Å². The highest BCUT2D eigenvalue weighted by molar-refractivity contribution is 6.02. The first kappa shape index (κ1) is 31.6. The van der Waals surface area contributed by atoms with E-state index in [1.807, 2.05) is 49.9 Å². The van der Waals surface area contributed by atoms with Gasteiger partial charge in [0.05, 0.1) is 26.9 Å². The number of morpholine rings is 1. The largest absolute Gasteiger partial charge is 0.497 e. The average Bonchev–Trinajstić information content (AvgIpc) is 3.86. The van der Waals surface area contributed by atoms with Crippen molar-refractivity contribution in [2.24, 2.45) is 0 Å². The van der Waals surface area contributed by atoms with Crippen molar-refractivity contribution in [1.29, 1.82) is 0 Å². The standard InChI is InChI=1S/C35H44N2O7/c1-35(2,3)44-34(39)36-17-20-43-31(23-36)33(38)37(26-13-14-26)22-25-21-30(42-19-8-18-40-4)28-9-6-7-10-29(28)32(25)24-11-15-27(41-5)16-12-24/h6-7,9-12,15-16,21,26,31H,8,13-14,17-20,22-23H2,1-5H3/t31-/m1/s1. The van der Waals surface area contributed by atoms with Crippen molar-refractivity contribution in [2.45, 2.75) is 64.3 Å². The van der Waals surface area contributed by atoms with Crippen molar-refractivity contribution in [3.8, 4) is 22.6 Å². The highest BCUT2D eigenvalue weighted by atomic mass is 16.6. The lowest BCUT2D eigenvalue weighted by Gasteiger charge is -2.36. The number of hydrogen-bond acceptors (Lipinski definition) is 7. The van der Waals surface area contributed by atoms with Gasteiger partial charge in [0.2, 0.25) is 0 Å². The van der Waals surface area contributed by atoms with Crippen LogP contribution in [0.4, 0.5) is 4.79 Å². The number of ether oxygens (including phenoxy) is 5. The number of amides is 2. The zero-order chi connectivity index (χ0) is 31.3. The summed E-state index contributed by atoms with van der Waals surface area (Å²) in [5.74, 6) is 1.44. The summed E-state index contributed by atoms with van der Waals surface area (Å²) in [5, 5.41) is 2.05. The maximum atomic E-state index is 14.1. The second kappa shape index (κ2) is 13.9. The van der Waals surface area contributed by atoms with Crippen LogP contribution in [0.2, 0.25) is 0 Å². The summed E-state index contributed by atoms with van der Waals surface area (Å²) in [5.41, 5.74) is 2.43. The van der Waals surface area contributed by atoms with E-state index in [0.29, 0.717) is 26.3 Å². The second-order valence-corrected chi connectivity index (χ2v) is 12.4. The summed E-state index contributed by atoms with van der Waals surface area (Å²) in [6, 6.07) is 18.4. The Morgan fingerprint density at radius 2 is 1.73 bits per heavy atom. The monoisotopic (exact) mass is 604 g/mol. The van der Waals surface area contributed by atoms with E-state index in [0.717, 1.165) is 58.2 Å². The molecule has 9 heteroatoms. The number of nitrogens with zero attached hydrogens (tertiary/aromatic N) is 2. The van der Waals surface area contributed by atoms with Gasteiger partial charge in [-0.1, -0.05) is 36.4 Å². The molecule has 2 amide bonds. The van der Waals surface area contributed by atoms with Gasteiger partial charge < -0.3 is 33.5 Å². The lowest BCUT2D eigenvalue weighted by Crippen LogP contribution is -2.53. The molecule has 0 aromatic heterocycles. The zero-order valence-corrected chi connectivity index (χ0v) is 26.5. The molecule has 1 aliphatic heterocycles. The summed E-state index contributed by atoms with van der Waals surface area (Å²) in [6.07, 6.45) is 1.44. The molecule has 3 aromatic carbocycles. The Morgan fingerprint density at radius 1 is 1.00 bits per heavy atom. The summed E-state index contributed by atoms with van der Waals surface area (Å²) in [4.78, 5) is 30.4. The predicted molar refractivity (Wildman–Crippen MR) is 169 cm³/mol. The van der Waals surface area contributed by atoms with Crippen LogP contribution >= 0.6 is 0 Å². The van der Waals surface area contributed by atoms with E-state index in [4.69, 9.17) is 23.7 Å². The molecule has 0 bridgehead atoms. The average molecular weight is 605 g/mol. The minimum atomic E-state index is -0.758. The van der Waals surface area contributed by atoms with Crippen LogP contribution in [-0.4, -0.2) is 86.7 Å². The lowest BCUT2D eigenvalue weighted by atomic mass is 9.92. The SMILES string of the molecule is COCCCOc1cc(CN(C(=O)[C@H]2CN(C(=O)OC(C)(C)C)CCO2)C2CC2)c(-c2ccc(OC)cc2)c2ccccc12. The number of carbonyl (C=O) groups excluding carboxylic acids is 2. The molecule has 1 heterocycles. The molecule has 3 aromatic rings. The molecule has 9 nitrogen and oxygen atoms in total. The van der Waals surface area contributed by atoms with Crippen LogP contribution in [0.5, 0.6) is 11.5 Å². The number of carbonyl (C=O) groups is 2. The first-order valence-corrected chi connectivity index (χ1v) is 15.4. The first-order valence-electron chi connectivity index (χ1n) is 15.4.